The highest BCUT2D eigenvalue weighted by Crippen LogP contribution is 2.39. The van der Waals surface area contributed by atoms with Crippen LogP contribution >= 0.6 is 11.6 Å². The molecule has 2 aliphatic heterocycles. The van der Waals surface area contributed by atoms with Crippen LogP contribution in [0.2, 0.25) is 5.02 Å². The van der Waals surface area contributed by atoms with Gasteiger partial charge >= 0.3 is 6.03 Å². The number of rotatable bonds is 12. The molecule has 1 spiro atoms. The number of likely N-dealkylation sites (tertiary alicyclic amines) is 1. The first-order chi connectivity index (χ1) is 21.7. The summed E-state index contributed by atoms with van der Waals surface area (Å²) in [5, 5.41) is 15.5. The molecule has 5 amide bonds. The van der Waals surface area contributed by atoms with E-state index in [4.69, 9.17) is 16.4 Å². The maximum atomic E-state index is 13.7. The average Bonchev–Trinajstić information content (AvgIpc) is 3.63. The Balaban J connectivity index is 1.27. The van der Waals surface area contributed by atoms with E-state index in [1.165, 1.54) is 4.90 Å². The van der Waals surface area contributed by atoms with Crippen LogP contribution < -0.4 is 21.3 Å². The largest absolute Gasteiger partial charge is 0.387 e. The fourth-order valence-corrected chi connectivity index (χ4v) is 5.74. The third kappa shape index (κ3) is 8.18. The number of carbonyl (C=O) groups excluding carboxylic acids is 5. The van der Waals surface area contributed by atoms with Crippen molar-refractivity contribution >= 4 is 46.8 Å². The van der Waals surface area contributed by atoms with E-state index in [0.717, 1.165) is 24.0 Å². The molecule has 0 radical (unpaired) electrons. The Kier molecular flexibility index (Phi) is 10.0. The molecule has 45 heavy (non-hydrogen) atoms. The lowest BCUT2D eigenvalue weighted by Crippen LogP contribution is -2.54. The highest BCUT2D eigenvalue weighted by Gasteiger charge is 2.54. The van der Waals surface area contributed by atoms with Crippen LogP contribution in [0.25, 0.3) is 0 Å². The number of carbonyl (C=O) groups is 5. The second-order valence-electron chi connectivity index (χ2n) is 11.7. The molecule has 2 aromatic rings. The third-order valence-electron chi connectivity index (χ3n) is 8.06. The summed E-state index contributed by atoms with van der Waals surface area (Å²) >= 11 is 6.18. The van der Waals surface area contributed by atoms with Gasteiger partial charge in [-0.2, -0.15) is 0 Å². The summed E-state index contributed by atoms with van der Waals surface area (Å²) in [5.41, 5.74) is 1.28. The van der Waals surface area contributed by atoms with E-state index in [2.05, 4.69) is 26.4 Å². The van der Waals surface area contributed by atoms with E-state index < -0.39 is 47.2 Å². The molecule has 12 nitrogen and oxygen atoms in total. The number of Topliss-reactive ketones (excluding diaryl/α,β-unsaturated/α-hetero) is 1. The van der Waals surface area contributed by atoms with Gasteiger partial charge in [-0.05, 0) is 37.0 Å². The molecule has 2 heterocycles. The topological polar surface area (TPSA) is 158 Å². The minimum absolute atomic E-state index is 0.00664. The second kappa shape index (κ2) is 14.1. The zero-order chi connectivity index (χ0) is 32.0. The summed E-state index contributed by atoms with van der Waals surface area (Å²) in [6.45, 7) is 1.78. The standard InChI is InChI=1S/C32H37ClN6O6/c1-2-7-24(28(41)30(43)36-23-12-13-23)37-29(42)26-16-32(15-25(38-45-32)21-10-6-11-22(33)14-21)19-39(26)27(40)18-35-31(44)34-17-20-8-4-3-5-9-20/h3-6,8-11,14,23-24,26H,2,7,12-13,15-19H2,1H3,(H,36,43)(H,37,42)(H2,34,35,44)/t24-,26-,32+/m0/s1. The van der Waals surface area contributed by atoms with Crippen molar-refractivity contribution in [2.45, 2.75) is 75.7 Å². The van der Waals surface area contributed by atoms with Gasteiger partial charge in [0.15, 0.2) is 5.60 Å². The summed E-state index contributed by atoms with van der Waals surface area (Å²) in [6, 6.07) is 13.9. The number of benzene rings is 2. The minimum Gasteiger partial charge on any atom is -0.387 e. The quantitative estimate of drug-likeness (QED) is 0.262. The Hall–Kier alpha value is -4.45. The molecular weight excluding hydrogens is 600 g/mol. The van der Waals surface area contributed by atoms with Gasteiger partial charge in [-0.1, -0.05) is 72.6 Å². The number of nitrogens with zero attached hydrogens (tertiary/aromatic N) is 2. The Labute approximate surface area is 266 Å². The first-order valence-corrected chi connectivity index (χ1v) is 15.6. The van der Waals surface area contributed by atoms with Crippen molar-refractivity contribution in [1.29, 1.82) is 0 Å². The van der Waals surface area contributed by atoms with Crippen LogP contribution in [0.1, 0.15) is 56.6 Å². The molecule has 3 atom stereocenters. The lowest BCUT2D eigenvalue weighted by molar-refractivity contribution is -0.142. The van der Waals surface area contributed by atoms with Crippen LogP contribution in [-0.4, -0.2) is 77.0 Å². The van der Waals surface area contributed by atoms with Gasteiger partial charge in [0.1, 0.15) is 6.04 Å². The number of nitrogens with one attached hydrogen (secondary N) is 4. The molecule has 1 aliphatic carbocycles. The lowest BCUT2D eigenvalue weighted by Gasteiger charge is -2.26. The van der Waals surface area contributed by atoms with Crippen molar-refractivity contribution in [3.63, 3.8) is 0 Å². The van der Waals surface area contributed by atoms with Crippen LogP contribution in [0.15, 0.2) is 59.8 Å². The molecule has 13 heteroatoms. The zero-order valence-corrected chi connectivity index (χ0v) is 25.8. The number of oxime groups is 1. The molecule has 0 unspecified atom stereocenters. The molecule has 4 N–H and O–H groups in total. The SMILES string of the molecule is CCC[C@H](NC(=O)[C@@H]1C[C@]2(CC(c3cccc(Cl)c3)=NO2)CN1C(=O)CNC(=O)NCc1ccccc1)C(=O)C(=O)NC1CC1. The lowest BCUT2D eigenvalue weighted by atomic mass is 9.91. The van der Waals surface area contributed by atoms with Crippen LogP contribution in [0.5, 0.6) is 0 Å². The van der Waals surface area contributed by atoms with Gasteiger partial charge < -0.3 is 31.0 Å². The van der Waals surface area contributed by atoms with Crippen molar-refractivity contribution in [2.75, 3.05) is 13.1 Å². The highest BCUT2D eigenvalue weighted by atomic mass is 35.5. The van der Waals surface area contributed by atoms with Gasteiger partial charge in [0, 0.05) is 36.0 Å². The molecule has 1 saturated heterocycles. The Morgan fingerprint density at radius 1 is 1.07 bits per heavy atom. The molecule has 3 aliphatic rings. The van der Waals surface area contributed by atoms with Crippen molar-refractivity contribution in [3.05, 3.63) is 70.7 Å². The van der Waals surface area contributed by atoms with E-state index >= 15 is 0 Å². The smallest absolute Gasteiger partial charge is 0.315 e. The maximum absolute atomic E-state index is 13.7. The number of urea groups is 1. The molecule has 1 saturated carbocycles. The van der Waals surface area contributed by atoms with Crippen LogP contribution in [0.3, 0.4) is 0 Å². The number of ketones is 1. The van der Waals surface area contributed by atoms with E-state index in [-0.39, 0.29) is 38.5 Å². The summed E-state index contributed by atoms with van der Waals surface area (Å²) in [7, 11) is 0. The van der Waals surface area contributed by atoms with Gasteiger partial charge in [0.25, 0.3) is 5.91 Å². The Morgan fingerprint density at radius 2 is 1.84 bits per heavy atom. The summed E-state index contributed by atoms with van der Waals surface area (Å²) in [5.74, 6) is -2.54. The van der Waals surface area contributed by atoms with Crippen molar-refractivity contribution in [3.8, 4) is 0 Å². The van der Waals surface area contributed by atoms with Crippen LogP contribution in [0, 0.1) is 0 Å². The predicted octanol–water partition coefficient (Wildman–Crippen LogP) is 2.44. The molecule has 0 aromatic heterocycles. The maximum Gasteiger partial charge on any atom is 0.315 e. The normalized spacial score (nSPS) is 21.0. The third-order valence-corrected chi connectivity index (χ3v) is 8.30. The van der Waals surface area contributed by atoms with E-state index in [9.17, 15) is 24.0 Å². The van der Waals surface area contributed by atoms with E-state index in [1.807, 2.05) is 43.3 Å². The van der Waals surface area contributed by atoms with E-state index in [0.29, 0.717) is 23.6 Å². The van der Waals surface area contributed by atoms with E-state index in [1.54, 1.807) is 18.2 Å². The first kappa shape index (κ1) is 32.0. The Bertz CT molecular complexity index is 1480. The molecule has 2 fully saturated rings. The van der Waals surface area contributed by atoms with Gasteiger partial charge in [-0.3, -0.25) is 19.2 Å². The zero-order valence-electron chi connectivity index (χ0n) is 25.0. The predicted molar refractivity (Wildman–Crippen MR) is 166 cm³/mol. The number of hydrogen-bond acceptors (Lipinski definition) is 7. The average molecular weight is 637 g/mol. The fraction of sp³-hybridized carbons (Fsp3) is 0.438. The Morgan fingerprint density at radius 3 is 2.56 bits per heavy atom. The fourth-order valence-electron chi connectivity index (χ4n) is 5.55. The molecule has 0 bridgehead atoms. The molecular formula is C32H37ClN6O6. The molecule has 2 aromatic carbocycles. The number of hydrogen-bond donors (Lipinski definition) is 4. The summed E-state index contributed by atoms with van der Waals surface area (Å²) in [4.78, 5) is 72.5. The molecule has 5 rings (SSSR count). The monoisotopic (exact) mass is 636 g/mol. The number of amides is 5. The summed E-state index contributed by atoms with van der Waals surface area (Å²) < 4.78 is 0. The van der Waals surface area contributed by atoms with Crippen molar-refractivity contribution in [1.82, 2.24) is 26.2 Å². The first-order valence-electron chi connectivity index (χ1n) is 15.2. The summed E-state index contributed by atoms with van der Waals surface area (Å²) in [6.07, 6.45) is 2.86. The molecule has 238 valence electrons. The van der Waals surface area contributed by atoms with Crippen molar-refractivity contribution < 1.29 is 28.8 Å². The van der Waals surface area contributed by atoms with Gasteiger partial charge in [-0.25, -0.2) is 4.79 Å². The van der Waals surface area contributed by atoms with Crippen LogP contribution in [-0.2, 0) is 30.6 Å². The van der Waals surface area contributed by atoms with Gasteiger partial charge in [-0.15, -0.1) is 0 Å². The van der Waals surface area contributed by atoms with Gasteiger partial charge in [0.2, 0.25) is 17.6 Å². The highest BCUT2D eigenvalue weighted by molar-refractivity contribution is 6.38. The second-order valence-corrected chi connectivity index (χ2v) is 12.2. The minimum atomic E-state index is -1.04. The van der Waals surface area contributed by atoms with Crippen molar-refractivity contribution in [2.24, 2.45) is 5.16 Å². The van der Waals surface area contributed by atoms with Gasteiger partial charge in [0.05, 0.1) is 24.8 Å². The number of halogens is 1. The van der Waals surface area contributed by atoms with Crippen LogP contribution in [0.4, 0.5) is 4.79 Å².